The lowest BCUT2D eigenvalue weighted by atomic mass is 9.86. The molecule has 5 heteroatoms. The molecule has 1 unspecified atom stereocenters. The first-order chi connectivity index (χ1) is 8.46. The first-order valence-electron chi connectivity index (χ1n) is 6.20. The fourth-order valence-corrected chi connectivity index (χ4v) is 2.82. The van der Waals surface area contributed by atoms with E-state index < -0.39 is 5.41 Å². The Morgan fingerprint density at radius 2 is 2.17 bits per heavy atom. The number of rotatable bonds is 6. The molecule has 0 bridgehead atoms. The van der Waals surface area contributed by atoms with Crippen LogP contribution in [0, 0.1) is 5.41 Å². The number of hydrogen-bond acceptors (Lipinski definition) is 3. The molecule has 2 N–H and O–H groups in total. The van der Waals surface area contributed by atoms with Crippen molar-refractivity contribution >= 4 is 28.8 Å². The van der Waals surface area contributed by atoms with Gasteiger partial charge in [-0.1, -0.05) is 18.5 Å². The fraction of sp³-hybridized carbons (Fsp3) is 0.615. The summed E-state index contributed by atoms with van der Waals surface area (Å²) < 4.78 is 0.755. The minimum Gasteiger partial charge on any atom is -0.337 e. The number of nitrogens with two attached hydrogens (primary N) is 1. The van der Waals surface area contributed by atoms with E-state index in [0.29, 0.717) is 19.6 Å². The summed E-state index contributed by atoms with van der Waals surface area (Å²) >= 11 is 7.42. The molecule has 0 aromatic carbocycles. The van der Waals surface area contributed by atoms with Gasteiger partial charge in [-0.05, 0) is 32.4 Å². The summed E-state index contributed by atoms with van der Waals surface area (Å²) in [6.45, 7) is 7.59. The molecule has 1 atom stereocenters. The number of amides is 1. The average molecular weight is 289 g/mol. The number of thiophene rings is 1. The number of hydrogen-bond donors (Lipinski definition) is 1. The van der Waals surface area contributed by atoms with Crippen molar-refractivity contribution in [1.82, 2.24) is 4.90 Å². The van der Waals surface area contributed by atoms with Gasteiger partial charge in [0.1, 0.15) is 0 Å². The number of halogens is 1. The predicted molar refractivity (Wildman–Crippen MR) is 77.9 cm³/mol. The van der Waals surface area contributed by atoms with Crippen LogP contribution in [0.5, 0.6) is 0 Å². The van der Waals surface area contributed by atoms with Gasteiger partial charge in [0.05, 0.1) is 16.3 Å². The smallest absolute Gasteiger partial charge is 0.230 e. The Labute approximate surface area is 118 Å². The van der Waals surface area contributed by atoms with Crippen molar-refractivity contribution in [3.63, 3.8) is 0 Å². The second kappa shape index (κ2) is 6.55. The minimum absolute atomic E-state index is 0.125. The van der Waals surface area contributed by atoms with Gasteiger partial charge >= 0.3 is 0 Å². The quantitative estimate of drug-likeness (QED) is 0.874. The molecule has 1 amide bonds. The van der Waals surface area contributed by atoms with Crippen molar-refractivity contribution in [2.45, 2.75) is 33.7 Å². The molecule has 1 aromatic heterocycles. The van der Waals surface area contributed by atoms with Crippen molar-refractivity contribution in [1.29, 1.82) is 0 Å². The maximum absolute atomic E-state index is 12.5. The predicted octanol–water partition coefficient (Wildman–Crippen LogP) is 3.13. The van der Waals surface area contributed by atoms with Crippen LogP contribution in [-0.2, 0) is 11.3 Å². The van der Waals surface area contributed by atoms with Gasteiger partial charge in [0.2, 0.25) is 5.91 Å². The van der Waals surface area contributed by atoms with E-state index in [2.05, 4.69) is 0 Å². The molecule has 0 saturated heterocycles. The molecule has 0 radical (unpaired) electrons. The summed E-state index contributed by atoms with van der Waals surface area (Å²) in [6, 6.07) is 3.83. The van der Waals surface area contributed by atoms with Crippen molar-refractivity contribution in [2.75, 3.05) is 13.1 Å². The Morgan fingerprint density at radius 1 is 1.50 bits per heavy atom. The zero-order chi connectivity index (χ0) is 13.8. The van der Waals surface area contributed by atoms with Gasteiger partial charge in [0, 0.05) is 18.0 Å². The third-order valence-electron chi connectivity index (χ3n) is 3.39. The molecule has 1 heterocycles. The standard InChI is InChI=1S/C13H21ClN2OS/c1-4-13(3,9-15)12(17)16(5-2)8-10-6-7-11(14)18-10/h6-7H,4-5,8-9,15H2,1-3H3. The maximum atomic E-state index is 12.5. The molecule has 0 aliphatic rings. The number of nitrogens with zero attached hydrogens (tertiary/aromatic N) is 1. The third kappa shape index (κ3) is 3.46. The molecular formula is C13H21ClN2OS. The Balaban J connectivity index is 2.80. The fourth-order valence-electron chi connectivity index (χ4n) is 1.72. The second-order valence-electron chi connectivity index (χ2n) is 4.64. The van der Waals surface area contributed by atoms with E-state index in [0.717, 1.165) is 15.6 Å². The SMILES string of the molecule is CCN(Cc1ccc(Cl)s1)C(=O)C(C)(CC)CN. The van der Waals surface area contributed by atoms with E-state index in [1.54, 1.807) is 0 Å². The molecule has 0 spiro atoms. The Kier molecular flexibility index (Phi) is 5.63. The van der Waals surface area contributed by atoms with Gasteiger partial charge in [-0.2, -0.15) is 0 Å². The van der Waals surface area contributed by atoms with E-state index in [1.807, 2.05) is 37.8 Å². The maximum Gasteiger partial charge on any atom is 0.230 e. The van der Waals surface area contributed by atoms with Crippen LogP contribution in [0.4, 0.5) is 0 Å². The van der Waals surface area contributed by atoms with Gasteiger partial charge < -0.3 is 10.6 Å². The van der Waals surface area contributed by atoms with Crippen molar-refractivity contribution in [2.24, 2.45) is 11.1 Å². The van der Waals surface area contributed by atoms with Gasteiger partial charge in [-0.25, -0.2) is 0 Å². The summed E-state index contributed by atoms with van der Waals surface area (Å²) in [6.07, 6.45) is 0.754. The first-order valence-corrected chi connectivity index (χ1v) is 7.40. The number of carbonyl (C=O) groups excluding carboxylic acids is 1. The van der Waals surface area contributed by atoms with Gasteiger partial charge in [0.15, 0.2) is 0 Å². The normalized spacial score (nSPS) is 14.3. The highest BCUT2D eigenvalue weighted by molar-refractivity contribution is 7.16. The lowest BCUT2D eigenvalue weighted by molar-refractivity contribution is -0.141. The molecule has 1 rings (SSSR count). The largest absolute Gasteiger partial charge is 0.337 e. The summed E-state index contributed by atoms with van der Waals surface area (Å²) in [5.74, 6) is 0.125. The molecule has 3 nitrogen and oxygen atoms in total. The molecule has 1 aromatic rings. The highest BCUT2D eigenvalue weighted by Gasteiger charge is 2.33. The van der Waals surface area contributed by atoms with Gasteiger partial charge in [-0.3, -0.25) is 4.79 Å². The molecule has 18 heavy (non-hydrogen) atoms. The molecule has 0 fully saturated rings. The van der Waals surface area contributed by atoms with Crippen LogP contribution in [-0.4, -0.2) is 23.9 Å². The topological polar surface area (TPSA) is 46.3 Å². The van der Waals surface area contributed by atoms with Gasteiger partial charge in [-0.15, -0.1) is 11.3 Å². The van der Waals surface area contributed by atoms with Crippen LogP contribution in [0.1, 0.15) is 32.1 Å². The Bertz CT molecular complexity index is 401. The molecule has 0 aliphatic heterocycles. The Morgan fingerprint density at radius 3 is 2.56 bits per heavy atom. The molecule has 0 saturated carbocycles. The Hall–Kier alpha value is -0.580. The summed E-state index contributed by atoms with van der Waals surface area (Å²) in [7, 11) is 0. The number of carbonyl (C=O) groups is 1. The summed E-state index contributed by atoms with van der Waals surface area (Å²) in [4.78, 5) is 15.4. The zero-order valence-electron chi connectivity index (χ0n) is 11.2. The lowest BCUT2D eigenvalue weighted by Crippen LogP contribution is -2.45. The first kappa shape index (κ1) is 15.5. The van der Waals surface area contributed by atoms with Crippen LogP contribution in [0.15, 0.2) is 12.1 Å². The minimum atomic E-state index is -0.461. The van der Waals surface area contributed by atoms with Crippen molar-refractivity contribution in [3.8, 4) is 0 Å². The van der Waals surface area contributed by atoms with Crippen LogP contribution in [0.2, 0.25) is 4.34 Å². The second-order valence-corrected chi connectivity index (χ2v) is 6.44. The molecule has 102 valence electrons. The molecular weight excluding hydrogens is 268 g/mol. The van der Waals surface area contributed by atoms with E-state index >= 15 is 0 Å². The van der Waals surface area contributed by atoms with Crippen LogP contribution >= 0.6 is 22.9 Å². The van der Waals surface area contributed by atoms with E-state index in [9.17, 15) is 4.79 Å². The van der Waals surface area contributed by atoms with Crippen LogP contribution in [0.3, 0.4) is 0 Å². The summed E-state index contributed by atoms with van der Waals surface area (Å²) in [5, 5.41) is 0. The lowest BCUT2D eigenvalue weighted by Gasteiger charge is -2.32. The van der Waals surface area contributed by atoms with E-state index in [-0.39, 0.29) is 5.91 Å². The third-order valence-corrected chi connectivity index (χ3v) is 4.61. The van der Waals surface area contributed by atoms with Crippen LogP contribution < -0.4 is 5.73 Å². The molecule has 0 aliphatic carbocycles. The highest BCUT2D eigenvalue weighted by Crippen LogP contribution is 2.26. The highest BCUT2D eigenvalue weighted by atomic mass is 35.5. The van der Waals surface area contributed by atoms with Crippen molar-refractivity contribution < 1.29 is 4.79 Å². The summed E-state index contributed by atoms with van der Waals surface area (Å²) in [5.41, 5.74) is 5.28. The van der Waals surface area contributed by atoms with E-state index in [1.165, 1.54) is 11.3 Å². The monoisotopic (exact) mass is 288 g/mol. The zero-order valence-corrected chi connectivity index (χ0v) is 12.8. The van der Waals surface area contributed by atoms with Crippen molar-refractivity contribution in [3.05, 3.63) is 21.3 Å². The van der Waals surface area contributed by atoms with Gasteiger partial charge in [0.25, 0.3) is 0 Å². The average Bonchev–Trinajstić information content (AvgIpc) is 2.79. The van der Waals surface area contributed by atoms with E-state index in [4.69, 9.17) is 17.3 Å². The van der Waals surface area contributed by atoms with Crippen LogP contribution in [0.25, 0.3) is 0 Å².